The summed E-state index contributed by atoms with van der Waals surface area (Å²) in [4.78, 5) is 14.1. The smallest absolute Gasteiger partial charge is 0.300 e. The van der Waals surface area contributed by atoms with E-state index in [9.17, 15) is 0 Å². The summed E-state index contributed by atoms with van der Waals surface area (Å²) < 4.78 is 5.79. The van der Waals surface area contributed by atoms with Gasteiger partial charge in [-0.05, 0) is 48.9 Å². The van der Waals surface area contributed by atoms with Gasteiger partial charge in [-0.15, -0.1) is 0 Å². The third kappa shape index (κ3) is 3.51. The molecule has 0 spiro atoms. The lowest BCUT2D eigenvalue weighted by atomic mass is 10.2. The van der Waals surface area contributed by atoms with Crippen LogP contribution in [0.15, 0.2) is 64.6 Å². The van der Waals surface area contributed by atoms with E-state index in [4.69, 9.17) is 27.9 Å². The highest BCUT2D eigenvalue weighted by atomic mass is 35.5. The van der Waals surface area contributed by atoms with Crippen molar-refractivity contribution in [2.24, 2.45) is 0 Å². The Morgan fingerprint density at radius 1 is 1.00 bits per heavy atom. The zero-order valence-electron chi connectivity index (χ0n) is 13.7. The first-order valence-electron chi connectivity index (χ1n) is 7.80. The number of imidazole rings is 1. The number of nitrogens with one attached hydrogen (secondary N) is 1. The van der Waals surface area contributed by atoms with Gasteiger partial charge in [-0.1, -0.05) is 35.0 Å². The van der Waals surface area contributed by atoms with Gasteiger partial charge in [-0.2, -0.15) is 4.98 Å². The molecule has 0 radical (unpaired) electrons. The minimum Gasteiger partial charge on any atom is -0.426 e. The fourth-order valence-corrected chi connectivity index (χ4v) is 3.70. The molecule has 2 heterocycles. The molecule has 2 aromatic carbocycles. The quantitative estimate of drug-likeness (QED) is 0.422. The number of aryl methyl sites for hydroxylation is 1. The van der Waals surface area contributed by atoms with Crippen LogP contribution in [0.4, 0.5) is 0 Å². The number of halogens is 2. The summed E-state index contributed by atoms with van der Waals surface area (Å²) in [6, 6.07) is 13.6. The topological polar surface area (TPSA) is 50.8 Å². The molecular weight excluding hydrogens is 389 g/mol. The molecule has 7 heteroatoms. The molecule has 0 aliphatic rings. The molecule has 0 aliphatic carbocycles. The summed E-state index contributed by atoms with van der Waals surface area (Å²) in [6.07, 6.45) is 3.57. The highest BCUT2D eigenvalue weighted by molar-refractivity contribution is 7.99. The second-order valence-electron chi connectivity index (χ2n) is 5.59. The number of fused-ring (bicyclic) bond motifs is 1. The molecule has 0 fully saturated rings. The van der Waals surface area contributed by atoms with E-state index in [-0.39, 0.29) is 0 Å². The summed E-state index contributed by atoms with van der Waals surface area (Å²) in [7, 11) is 0. The molecule has 4 aromatic rings. The first-order chi connectivity index (χ1) is 12.6. The van der Waals surface area contributed by atoms with Gasteiger partial charge in [-0.3, -0.25) is 4.98 Å². The maximum atomic E-state index is 6.03. The summed E-state index contributed by atoms with van der Waals surface area (Å²) >= 11 is 13.6. The molecule has 2 aromatic heterocycles. The number of nitrogens with zero attached hydrogens (tertiary/aromatic N) is 2. The fraction of sp³-hybridized carbons (Fsp3) is 0.0526. The Kier molecular flexibility index (Phi) is 4.76. The van der Waals surface area contributed by atoms with Crippen molar-refractivity contribution in [3.05, 3.63) is 70.5 Å². The molecule has 0 unspecified atom stereocenters. The van der Waals surface area contributed by atoms with Crippen molar-refractivity contribution in [1.29, 1.82) is 0 Å². The number of ether oxygens (including phenoxy) is 1. The Morgan fingerprint density at radius 3 is 2.58 bits per heavy atom. The molecule has 4 nitrogen and oxygen atoms in total. The molecule has 26 heavy (non-hydrogen) atoms. The minimum absolute atomic E-state index is 0.410. The highest BCUT2D eigenvalue weighted by Gasteiger charge is 2.12. The number of aromatic nitrogens is 3. The van der Waals surface area contributed by atoms with Gasteiger partial charge in [0, 0.05) is 28.3 Å². The summed E-state index contributed by atoms with van der Waals surface area (Å²) in [6.45, 7) is 2.05. The Hall–Kier alpha value is -2.21. The standard InChI is InChI=1S/C19H13Cl2N3OS/c1-11-17(26-13-6-8-22-9-7-13)5-4-16-18(11)24-19(23-16)25-12-2-3-14(20)15(21)10-12/h2-10H,1H3,(H,23,24). The number of aromatic amines is 1. The van der Waals surface area contributed by atoms with E-state index in [1.807, 2.05) is 18.2 Å². The van der Waals surface area contributed by atoms with Gasteiger partial charge >= 0.3 is 0 Å². The normalized spacial score (nSPS) is 11.0. The Morgan fingerprint density at radius 2 is 1.81 bits per heavy atom. The van der Waals surface area contributed by atoms with Gasteiger partial charge < -0.3 is 9.72 Å². The van der Waals surface area contributed by atoms with E-state index < -0.39 is 0 Å². The van der Waals surface area contributed by atoms with E-state index >= 15 is 0 Å². The summed E-state index contributed by atoms with van der Waals surface area (Å²) in [5, 5.41) is 0.921. The van der Waals surface area contributed by atoms with Gasteiger partial charge in [0.05, 0.1) is 21.1 Å². The van der Waals surface area contributed by atoms with Crippen molar-refractivity contribution < 1.29 is 4.74 Å². The van der Waals surface area contributed by atoms with Crippen LogP contribution in [-0.4, -0.2) is 15.0 Å². The van der Waals surface area contributed by atoms with Gasteiger partial charge in [-0.25, -0.2) is 0 Å². The second kappa shape index (κ2) is 7.19. The van der Waals surface area contributed by atoms with Crippen LogP contribution in [0.2, 0.25) is 10.0 Å². The van der Waals surface area contributed by atoms with Crippen molar-refractivity contribution in [2.45, 2.75) is 16.7 Å². The van der Waals surface area contributed by atoms with E-state index in [0.717, 1.165) is 26.4 Å². The third-order valence-electron chi connectivity index (χ3n) is 3.82. The van der Waals surface area contributed by atoms with Crippen molar-refractivity contribution in [2.75, 3.05) is 0 Å². The molecule has 0 saturated carbocycles. The number of hydrogen-bond acceptors (Lipinski definition) is 4. The van der Waals surface area contributed by atoms with Gasteiger partial charge in [0.2, 0.25) is 0 Å². The number of H-pyrrole nitrogens is 1. The lowest BCUT2D eigenvalue weighted by Crippen LogP contribution is -1.86. The fourth-order valence-electron chi connectivity index (χ4n) is 2.52. The van der Waals surface area contributed by atoms with E-state index in [1.165, 1.54) is 0 Å². The summed E-state index contributed by atoms with van der Waals surface area (Å²) in [5.41, 5.74) is 2.88. The maximum Gasteiger partial charge on any atom is 0.300 e. The lowest BCUT2D eigenvalue weighted by molar-refractivity contribution is 0.449. The van der Waals surface area contributed by atoms with Crippen LogP contribution >= 0.6 is 35.0 Å². The number of hydrogen-bond donors (Lipinski definition) is 1. The van der Waals surface area contributed by atoms with E-state index in [0.29, 0.717) is 21.8 Å². The predicted octanol–water partition coefficient (Wildman–Crippen LogP) is 6.52. The zero-order valence-corrected chi connectivity index (χ0v) is 16.0. The Labute approximate surface area is 164 Å². The number of rotatable bonds is 4. The van der Waals surface area contributed by atoms with Crippen LogP contribution in [0.3, 0.4) is 0 Å². The molecule has 1 N–H and O–H groups in total. The molecule has 0 saturated heterocycles. The molecule has 0 aliphatic heterocycles. The molecule has 0 bridgehead atoms. The van der Waals surface area contributed by atoms with Gasteiger partial charge in [0.15, 0.2) is 0 Å². The molecule has 130 valence electrons. The predicted molar refractivity (Wildman–Crippen MR) is 106 cm³/mol. The minimum atomic E-state index is 0.410. The van der Waals surface area contributed by atoms with Crippen molar-refractivity contribution in [3.63, 3.8) is 0 Å². The van der Waals surface area contributed by atoms with E-state index in [2.05, 4.69) is 27.9 Å². The Bertz CT molecular complexity index is 1080. The van der Waals surface area contributed by atoms with Crippen molar-refractivity contribution >= 4 is 46.0 Å². The summed E-state index contributed by atoms with van der Waals surface area (Å²) in [5.74, 6) is 0.572. The van der Waals surface area contributed by atoms with E-state index in [1.54, 1.807) is 42.4 Å². The second-order valence-corrected chi connectivity index (χ2v) is 7.52. The van der Waals surface area contributed by atoms with Crippen LogP contribution in [0.5, 0.6) is 11.8 Å². The third-order valence-corrected chi connectivity index (χ3v) is 5.73. The largest absolute Gasteiger partial charge is 0.426 e. The van der Waals surface area contributed by atoms with Gasteiger partial charge in [0.25, 0.3) is 6.01 Å². The average molecular weight is 402 g/mol. The first kappa shape index (κ1) is 17.2. The van der Waals surface area contributed by atoms with Crippen LogP contribution in [0, 0.1) is 6.92 Å². The van der Waals surface area contributed by atoms with Crippen LogP contribution in [0.25, 0.3) is 11.0 Å². The first-order valence-corrected chi connectivity index (χ1v) is 9.37. The zero-order chi connectivity index (χ0) is 18.1. The maximum absolute atomic E-state index is 6.03. The molecule has 0 amide bonds. The van der Waals surface area contributed by atoms with Crippen molar-refractivity contribution in [3.8, 4) is 11.8 Å². The highest BCUT2D eigenvalue weighted by Crippen LogP contribution is 2.34. The SMILES string of the molecule is Cc1c(Sc2ccncc2)ccc2[nH]c(Oc3ccc(Cl)c(Cl)c3)nc12. The monoisotopic (exact) mass is 401 g/mol. The average Bonchev–Trinajstić information content (AvgIpc) is 3.05. The van der Waals surface area contributed by atoms with Crippen LogP contribution in [0.1, 0.15) is 5.56 Å². The Balaban J connectivity index is 1.64. The molecule has 4 rings (SSSR count). The van der Waals surface area contributed by atoms with Crippen LogP contribution in [-0.2, 0) is 0 Å². The number of benzene rings is 2. The van der Waals surface area contributed by atoms with Crippen molar-refractivity contribution in [1.82, 2.24) is 15.0 Å². The molecule has 0 atom stereocenters. The molecular formula is C19H13Cl2N3OS. The lowest BCUT2D eigenvalue weighted by Gasteiger charge is -2.05. The number of pyridine rings is 1. The van der Waals surface area contributed by atoms with Crippen LogP contribution < -0.4 is 4.74 Å². The van der Waals surface area contributed by atoms with Gasteiger partial charge in [0.1, 0.15) is 5.75 Å².